The van der Waals surface area contributed by atoms with Crippen LogP contribution in [0.1, 0.15) is 26.7 Å². The number of nitrogens with one attached hydrogen (secondary N) is 1. The van der Waals surface area contributed by atoms with E-state index in [2.05, 4.69) is 25.4 Å². The minimum absolute atomic E-state index is 0.442. The summed E-state index contributed by atoms with van der Waals surface area (Å²) in [6.07, 6.45) is 4.96. The molecule has 3 heteroatoms. The summed E-state index contributed by atoms with van der Waals surface area (Å²) < 4.78 is 5.52. The lowest BCUT2D eigenvalue weighted by Gasteiger charge is -2.29. The minimum atomic E-state index is 0.442. The van der Waals surface area contributed by atoms with Crippen molar-refractivity contribution < 1.29 is 4.74 Å². The maximum absolute atomic E-state index is 5.52. The maximum Gasteiger partial charge on any atom is 0.0561 e. The molecule has 1 aliphatic rings. The van der Waals surface area contributed by atoms with Crippen LogP contribution in [0, 0.1) is 5.92 Å². The van der Waals surface area contributed by atoms with Crippen molar-refractivity contribution in [3.63, 3.8) is 0 Å². The van der Waals surface area contributed by atoms with Crippen LogP contribution in [0.3, 0.4) is 0 Å². The first kappa shape index (κ1) is 12.3. The lowest BCUT2D eigenvalue weighted by atomic mass is 10.0. The SMILES string of the molecule is CSCC(C)CNC1CCOC(C)C1. The van der Waals surface area contributed by atoms with Crippen LogP contribution in [0.2, 0.25) is 0 Å². The molecule has 1 N–H and O–H groups in total. The van der Waals surface area contributed by atoms with Crippen LogP contribution >= 0.6 is 11.8 Å². The Morgan fingerprint density at radius 1 is 1.57 bits per heavy atom. The number of hydrogen-bond donors (Lipinski definition) is 1. The average molecular weight is 217 g/mol. The normalized spacial score (nSPS) is 30.2. The van der Waals surface area contributed by atoms with Gasteiger partial charge in [-0.3, -0.25) is 0 Å². The Kier molecular flexibility index (Phi) is 5.90. The van der Waals surface area contributed by atoms with E-state index in [0.29, 0.717) is 12.1 Å². The third-order valence-electron chi connectivity index (χ3n) is 2.69. The van der Waals surface area contributed by atoms with Gasteiger partial charge in [0.05, 0.1) is 6.10 Å². The summed E-state index contributed by atoms with van der Waals surface area (Å²) in [6, 6.07) is 0.683. The van der Waals surface area contributed by atoms with Crippen molar-refractivity contribution in [2.24, 2.45) is 5.92 Å². The first-order valence-electron chi connectivity index (χ1n) is 5.56. The molecule has 84 valence electrons. The van der Waals surface area contributed by atoms with Gasteiger partial charge in [-0.15, -0.1) is 0 Å². The largest absolute Gasteiger partial charge is 0.378 e. The zero-order valence-corrected chi connectivity index (χ0v) is 10.4. The molecule has 1 rings (SSSR count). The van der Waals surface area contributed by atoms with E-state index in [1.165, 1.54) is 18.6 Å². The highest BCUT2D eigenvalue weighted by atomic mass is 32.2. The topological polar surface area (TPSA) is 21.3 Å². The van der Waals surface area contributed by atoms with Gasteiger partial charge >= 0.3 is 0 Å². The zero-order valence-electron chi connectivity index (χ0n) is 9.58. The van der Waals surface area contributed by atoms with Crippen molar-refractivity contribution in [2.45, 2.75) is 38.8 Å². The number of hydrogen-bond acceptors (Lipinski definition) is 3. The fourth-order valence-electron chi connectivity index (χ4n) is 1.89. The van der Waals surface area contributed by atoms with Gasteiger partial charge in [-0.25, -0.2) is 0 Å². The second kappa shape index (κ2) is 6.70. The van der Waals surface area contributed by atoms with E-state index in [-0.39, 0.29) is 0 Å². The van der Waals surface area contributed by atoms with Crippen molar-refractivity contribution in [1.82, 2.24) is 5.32 Å². The smallest absolute Gasteiger partial charge is 0.0561 e. The fourth-order valence-corrected chi connectivity index (χ4v) is 2.58. The molecule has 0 aromatic rings. The van der Waals surface area contributed by atoms with Crippen molar-refractivity contribution in [3.05, 3.63) is 0 Å². The third-order valence-corrected chi connectivity index (χ3v) is 3.59. The summed E-state index contributed by atoms with van der Waals surface area (Å²) in [6.45, 7) is 6.55. The molecule has 3 atom stereocenters. The van der Waals surface area contributed by atoms with E-state index in [1.54, 1.807) is 0 Å². The monoisotopic (exact) mass is 217 g/mol. The van der Waals surface area contributed by atoms with Crippen LogP contribution in [-0.2, 0) is 4.74 Å². The summed E-state index contributed by atoms with van der Waals surface area (Å²) >= 11 is 1.93. The van der Waals surface area contributed by atoms with Crippen LogP contribution in [0.15, 0.2) is 0 Å². The van der Waals surface area contributed by atoms with Crippen molar-refractivity contribution in [3.8, 4) is 0 Å². The van der Waals surface area contributed by atoms with Gasteiger partial charge in [0.25, 0.3) is 0 Å². The van der Waals surface area contributed by atoms with Crippen LogP contribution < -0.4 is 5.32 Å². The Morgan fingerprint density at radius 3 is 3.00 bits per heavy atom. The summed E-state index contributed by atoms with van der Waals surface area (Å²) in [7, 11) is 0. The van der Waals surface area contributed by atoms with Gasteiger partial charge in [-0.2, -0.15) is 11.8 Å². The minimum Gasteiger partial charge on any atom is -0.378 e. The first-order chi connectivity index (χ1) is 6.72. The van der Waals surface area contributed by atoms with Crippen molar-refractivity contribution in [2.75, 3.05) is 25.2 Å². The van der Waals surface area contributed by atoms with Crippen LogP contribution in [-0.4, -0.2) is 37.3 Å². The van der Waals surface area contributed by atoms with E-state index < -0.39 is 0 Å². The number of rotatable bonds is 5. The van der Waals surface area contributed by atoms with E-state index in [1.807, 2.05) is 11.8 Å². The molecule has 3 unspecified atom stereocenters. The maximum atomic E-state index is 5.52. The first-order valence-corrected chi connectivity index (χ1v) is 6.95. The van der Waals surface area contributed by atoms with E-state index in [4.69, 9.17) is 4.74 Å². The van der Waals surface area contributed by atoms with Crippen LogP contribution in [0.4, 0.5) is 0 Å². The Balaban J connectivity index is 2.10. The molecule has 1 saturated heterocycles. The second-order valence-electron chi connectivity index (χ2n) is 4.37. The van der Waals surface area contributed by atoms with Gasteiger partial charge in [-0.1, -0.05) is 6.92 Å². The summed E-state index contributed by atoms with van der Waals surface area (Å²) in [5, 5.41) is 3.64. The average Bonchev–Trinajstić information content (AvgIpc) is 2.15. The van der Waals surface area contributed by atoms with Gasteiger partial charge in [0.2, 0.25) is 0 Å². The second-order valence-corrected chi connectivity index (χ2v) is 5.28. The predicted octanol–water partition coefficient (Wildman–Crippen LogP) is 2.14. The molecule has 1 heterocycles. The van der Waals surface area contributed by atoms with Crippen molar-refractivity contribution in [1.29, 1.82) is 0 Å². The molecule has 2 nitrogen and oxygen atoms in total. The molecule has 0 radical (unpaired) electrons. The molecule has 0 aliphatic carbocycles. The summed E-state index contributed by atoms with van der Waals surface area (Å²) in [5.41, 5.74) is 0. The summed E-state index contributed by atoms with van der Waals surface area (Å²) in [4.78, 5) is 0. The quantitative estimate of drug-likeness (QED) is 0.762. The van der Waals surface area contributed by atoms with Gasteiger partial charge < -0.3 is 10.1 Å². The molecule has 0 aromatic carbocycles. The molecular formula is C11H23NOS. The standard InChI is InChI=1S/C11H23NOS/c1-9(8-14-3)7-12-11-4-5-13-10(2)6-11/h9-12H,4-8H2,1-3H3. The molecule has 1 fully saturated rings. The van der Waals surface area contributed by atoms with Gasteiger partial charge in [0, 0.05) is 12.6 Å². The highest BCUT2D eigenvalue weighted by molar-refractivity contribution is 7.98. The molecular weight excluding hydrogens is 194 g/mol. The Labute approximate surface area is 92.2 Å². The molecule has 0 saturated carbocycles. The lowest BCUT2D eigenvalue weighted by Crippen LogP contribution is -2.40. The molecule has 1 aliphatic heterocycles. The predicted molar refractivity (Wildman–Crippen MR) is 64.0 cm³/mol. The lowest BCUT2D eigenvalue weighted by molar-refractivity contribution is 0.0129. The van der Waals surface area contributed by atoms with Crippen molar-refractivity contribution >= 4 is 11.8 Å². The molecule has 0 bridgehead atoms. The Morgan fingerprint density at radius 2 is 2.36 bits per heavy atom. The number of ether oxygens (including phenoxy) is 1. The highest BCUT2D eigenvalue weighted by Crippen LogP contribution is 2.13. The molecule has 0 spiro atoms. The van der Waals surface area contributed by atoms with Gasteiger partial charge in [-0.05, 0) is 44.2 Å². The van der Waals surface area contributed by atoms with Gasteiger partial charge in [0.1, 0.15) is 0 Å². The highest BCUT2D eigenvalue weighted by Gasteiger charge is 2.18. The van der Waals surface area contributed by atoms with Crippen LogP contribution in [0.25, 0.3) is 0 Å². The van der Waals surface area contributed by atoms with Gasteiger partial charge in [0.15, 0.2) is 0 Å². The number of thioether (sulfide) groups is 1. The van der Waals surface area contributed by atoms with E-state index >= 15 is 0 Å². The summed E-state index contributed by atoms with van der Waals surface area (Å²) in [5.74, 6) is 2.04. The fraction of sp³-hybridized carbons (Fsp3) is 1.00. The van der Waals surface area contributed by atoms with Crippen LogP contribution in [0.5, 0.6) is 0 Å². The molecule has 0 aromatic heterocycles. The Bertz CT molecular complexity index is 154. The third kappa shape index (κ3) is 4.67. The zero-order chi connectivity index (χ0) is 10.4. The molecule has 0 amide bonds. The van der Waals surface area contributed by atoms with E-state index in [0.717, 1.165) is 19.1 Å². The van der Waals surface area contributed by atoms with E-state index in [9.17, 15) is 0 Å². The molecule has 14 heavy (non-hydrogen) atoms. The Hall–Kier alpha value is 0.270.